The molecule has 3 nitrogen and oxygen atoms in total. The highest BCUT2D eigenvalue weighted by Crippen LogP contribution is 2.40. The normalized spacial score (nSPS) is 21.9. The lowest BCUT2D eigenvalue weighted by molar-refractivity contribution is -0.187. The maximum Gasteiger partial charge on any atom is 0.391 e. The van der Waals surface area contributed by atoms with Crippen LogP contribution in [0.25, 0.3) is 0 Å². The third-order valence-electron chi connectivity index (χ3n) is 4.41. The van der Waals surface area contributed by atoms with Gasteiger partial charge in [0.1, 0.15) is 0 Å². The van der Waals surface area contributed by atoms with Gasteiger partial charge >= 0.3 is 6.18 Å². The van der Waals surface area contributed by atoms with Crippen LogP contribution in [0.5, 0.6) is 0 Å². The molecule has 2 N–H and O–H groups in total. The molecule has 1 amide bonds. The van der Waals surface area contributed by atoms with Gasteiger partial charge in [-0.1, -0.05) is 36.8 Å². The fourth-order valence-corrected chi connectivity index (χ4v) is 3.20. The molecule has 6 heteroatoms. The zero-order valence-electron chi connectivity index (χ0n) is 13.1. The van der Waals surface area contributed by atoms with Gasteiger partial charge < -0.3 is 10.6 Å². The number of nitrogens with zero attached hydrogens (tertiary/aromatic N) is 1. The molecule has 0 bridgehead atoms. The van der Waals surface area contributed by atoms with Gasteiger partial charge in [0.05, 0.1) is 5.92 Å². The third-order valence-corrected chi connectivity index (χ3v) is 4.41. The standard InChI is InChI=1S/C17H23F3N2O/c18-17(19,20)15-8-4-7-14(11-15)16(23)22(10-9-21)12-13-5-2-1-3-6-13/h1-3,5-6,14-15H,4,7-12,21H2. The van der Waals surface area contributed by atoms with Crippen molar-refractivity contribution >= 4 is 5.91 Å². The molecule has 23 heavy (non-hydrogen) atoms. The molecule has 0 spiro atoms. The molecule has 0 radical (unpaired) electrons. The Kier molecular flexibility index (Phi) is 6.04. The van der Waals surface area contributed by atoms with Gasteiger partial charge in [0, 0.05) is 25.6 Å². The molecule has 1 aliphatic carbocycles. The van der Waals surface area contributed by atoms with Crippen LogP contribution in [0.4, 0.5) is 13.2 Å². The highest BCUT2D eigenvalue weighted by molar-refractivity contribution is 5.79. The van der Waals surface area contributed by atoms with Gasteiger partial charge in [-0.2, -0.15) is 13.2 Å². The van der Waals surface area contributed by atoms with Crippen molar-refractivity contribution in [1.82, 2.24) is 4.90 Å². The molecule has 128 valence electrons. The molecular weight excluding hydrogens is 305 g/mol. The summed E-state index contributed by atoms with van der Waals surface area (Å²) in [7, 11) is 0. The minimum Gasteiger partial charge on any atom is -0.337 e. The Labute approximate surface area is 134 Å². The van der Waals surface area contributed by atoms with Crippen LogP contribution in [0.15, 0.2) is 30.3 Å². The molecule has 2 rings (SSSR count). The van der Waals surface area contributed by atoms with Gasteiger partial charge in [-0.15, -0.1) is 0 Å². The van der Waals surface area contributed by atoms with E-state index in [-0.39, 0.29) is 18.7 Å². The van der Waals surface area contributed by atoms with E-state index in [1.165, 1.54) is 0 Å². The summed E-state index contributed by atoms with van der Waals surface area (Å²) in [5.41, 5.74) is 6.53. The number of hydrogen-bond donors (Lipinski definition) is 1. The molecule has 1 aromatic rings. The second-order valence-electron chi connectivity index (χ2n) is 6.14. The number of carbonyl (C=O) groups excluding carboxylic acids is 1. The molecule has 0 aliphatic heterocycles. The third kappa shape index (κ3) is 4.96. The predicted molar refractivity (Wildman–Crippen MR) is 82.4 cm³/mol. The zero-order valence-corrected chi connectivity index (χ0v) is 13.1. The van der Waals surface area contributed by atoms with Crippen molar-refractivity contribution in [2.45, 2.75) is 38.4 Å². The number of amides is 1. The van der Waals surface area contributed by atoms with Crippen molar-refractivity contribution < 1.29 is 18.0 Å². The molecule has 1 saturated carbocycles. The minimum absolute atomic E-state index is 0.0990. The fourth-order valence-electron chi connectivity index (χ4n) is 3.20. The van der Waals surface area contributed by atoms with Crippen molar-refractivity contribution in [3.8, 4) is 0 Å². The number of halogens is 3. The molecule has 1 aromatic carbocycles. The van der Waals surface area contributed by atoms with Crippen LogP contribution in [-0.4, -0.2) is 30.1 Å². The Morgan fingerprint density at radius 1 is 1.22 bits per heavy atom. The first kappa shape index (κ1) is 17.8. The van der Waals surface area contributed by atoms with Crippen LogP contribution in [0.2, 0.25) is 0 Å². The highest BCUT2D eigenvalue weighted by atomic mass is 19.4. The monoisotopic (exact) mass is 328 g/mol. The molecule has 2 unspecified atom stereocenters. The van der Waals surface area contributed by atoms with E-state index in [4.69, 9.17) is 5.73 Å². The van der Waals surface area contributed by atoms with E-state index in [2.05, 4.69) is 0 Å². The second-order valence-corrected chi connectivity index (χ2v) is 6.14. The Balaban J connectivity index is 2.05. The first-order valence-corrected chi connectivity index (χ1v) is 8.01. The van der Waals surface area contributed by atoms with Crippen LogP contribution in [0.1, 0.15) is 31.2 Å². The first-order valence-electron chi connectivity index (χ1n) is 8.01. The Hall–Kier alpha value is -1.56. The van der Waals surface area contributed by atoms with Crippen LogP contribution in [-0.2, 0) is 11.3 Å². The van der Waals surface area contributed by atoms with E-state index < -0.39 is 18.0 Å². The number of hydrogen-bond acceptors (Lipinski definition) is 2. The van der Waals surface area contributed by atoms with E-state index in [0.717, 1.165) is 5.56 Å². The number of carbonyl (C=O) groups is 1. The number of rotatable bonds is 5. The smallest absolute Gasteiger partial charge is 0.337 e. The van der Waals surface area contributed by atoms with Crippen LogP contribution < -0.4 is 5.73 Å². The SMILES string of the molecule is NCCN(Cc1ccccc1)C(=O)C1CCCC(C(F)(F)F)C1. The Bertz CT molecular complexity index is 504. The van der Waals surface area contributed by atoms with Gasteiger partial charge in [-0.25, -0.2) is 0 Å². The zero-order chi connectivity index (χ0) is 16.9. The lowest BCUT2D eigenvalue weighted by atomic mass is 9.80. The maximum atomic E-state index is 12.9. The Morgan fingerprint density at radius 2 is 1.91 bits per heavy atom. The highest BCUT2D eigenvalue weighted by Gasteiger charge is 2.44. The van der Waals surface area contributed by atoms with E-state index in [1.807, 2.05) is 30.3 Å². The molecule has 1 aliphatic rings. The van der Waals surface area contributed by atoms with Crippen LogP contribution in [0.3, 0.4) is 0 Å². The van der Waals surface area contributed by atoms with Crippen molar-refractivity contribution in [1.29, 1.82) is 0 Å². The molecule has 2 atom stereocenters. The number of benzene rings is 1. The topological polar surface area (TPSA) is 46.3 Å². The van der Waals surface area contributed by atoms with Crippen LogP contribution >= 0.6 is 0 Å². The van der Waals surface area contributed by atoms with Gasteiger partial charge in [0.15, 0.2) is 0 Å². The average molecular weight is 328 g/mol. The Morgan fingerprint density at radius 3 is 2.52 bits per heavy atom. The quantitative estimate of drug-likeness (QED) is 0.901. The first-order chi connectivity index (χ1) is 10.9. The van der Waals surface area contributed by atoms with Gasteiger partial charge in [0.2, 0.25) is 5.91 Å². The summed E-state index contributed by atoms with van der Waals surface area (Å²) in [5.74, 6) is -2.11. The largest absolute Gasteiger partial charge is 0.391 e. The van der Waals surface area contributed by atoms with Gasteiger partial charge in [-0.3, -0.25) is 4.79 Å². The van der Waals surface area contributed by atoms with Crippen molar-refractivity contribution in [2.24, 2.45) is 17.6 Å². The summed E-state index contributed by atoms with van der Waals surface area (Å²) in [6, 6.07) is 9.43. The molecule has 1 fully saturated rings. The predicted octanol–water partition coefficient (Wildman–Crippen LogP) is 3.34. The average Bonchev–Trinajstić information content (AvgIpc) is 2.54. The molecule has 0 heterocycles. The summed E-state index contributed by atoms with van der Waals surface area (Å²) < 4.78 is 38.8. The van der Waals surface area contributed by atoms with Gasteiger partial charge in [-0.05, 0) is 24.8 Å². The van der Waals surface area contributed by atoms with Crippen molar-refractivity contribution in [3.05, 3.63) is 35.9 Å². The second kappa shape index (κ2) is 7.81. The van der Waals surface area contributed by atoms with E-state index in [0.29, 0.717) is 32.5 Å². The molecule has 0 aromatic heterocycles. The summed E-state index contributed by atoms with van der Waals surface area (Å²) in [6.07, 6.45) is -3.21. The molecular formula is C17H23F3N2O. The van der Waals surface area contributed by atoms with Crippen molar-refractivity contribution in [2.75, 3.05) is 13.1 Å². The minimum atomic E-state index is -4.21. The lowest BCUT2D eigenvalue weighted by Gasteiger charge is -2.33. The lowest BCUT2D eigenvalue weighted by Crippen LogP contribution is -2.42. The summed E-state index contributed by atoms with van der Waals surface area (Å²) >= 11 is 0. The summed E-state index contributed by atoms with van der Waals surface area (Å²) in [6.45, 7) is 1.05. The van der Waals surface area contributed by atoms with Gasteiger partial charge in [0.25, 0.3) is 0 Å². The summed E-state index contributed by atoms with van der Waals surface area (Å²) in [5, 5.41) is 0. The van der Waals surface area contributed by atoms with E-state index in [9.17, 15) is 18.0 Å². The number of alkyl halides is 3. The van der Waals surface area contributed by atoms with E-state index >= 15 is 0 Å². The fraction of sp³-hybridized carbons (Fsp3) is 0.588. The summed E-state index contributed by atoms with van der Waals surface area (Å²) in [4.78, 5) is 14.3. The van der Waals surface area contributed by atoms with Crippen molar-refractivity contribution in [3.63, 3.8) is 0 Å². The number of nitrogens with two attached hydrogens (primary N) is 1. The van der Waals surface area contributed by atoms with E-state index in [1.54, 1.807) is 4.90 Å². The van der Waals surface area contributed by atoms with Crippen LogP contribution in [0, 0.1) is 11.8 Å². The molecule has 0 saturated heterocycles. The maximum absolute atomic E-state index is 12.9.